The first-order chi connectivity index (χ1) is 4.34. The number of hydrogen-bond acceptors (Lipinski definition) is 3. The van der Waals surface area contributed by atoms with E-state index in [0.717, 1.165) is 5.76 Å². The highest BCUT2D eigenvalue weighted by Crippen LogP contribution is 2.30. The van der Waals surface area contributed by atoms with Crippen molar-refractivity contribution in [2.45, 2.75) is 12.2 Å². The van der Waals surface area contributed by atoms with Crippen molar-refractivity contribution in [1.29, 1.82) is 0 Å². The molecule has 9 heavy (non-hydrogen) atoms. The summed E-state index contributed by atoms with van der Waals surface area (Å²) >= 11 is 4.06. The molecule has 50 valence electrons. The van der Waals surface area contributed by atoms with Gasteiger partial charge in [0.2, 0.25) is 0 Å². The topological polar surface area (TPSA) is 13.1 Å². The maximum atomic E-state index is 5.12. The van der Waals surface area contributed by atoms with Crippen LogP contribution in [0.3, 0.4) is 0 Å². The second kappa shape index (κ2) is 3.22. The van der Waals surface area contributed by atoms with Gasteiger partial charge >= 0.3 is 0 Å². The normalized spacial score (nSPS) is 13.6. The third-order valence-corrected chi connectivity index (χ3v) is 2.60. The van der Waals surface area contributed by atoms with Crippen LogP contribution in [-0.4, -0.2) is 0 Å². The molecule has 0 aromatic carbocycles. The molecule has 1 unspecified atom stereocenters. The van der Waals surface area contributed by atoms with Crippen molar-refractivity contribution in [3.63, 3.8) is 0 Å². The van der Waals surface area contributed by atoms with Crippen LogP contribution in [0.15, 0.2) is 22.8 Å². The van der Waals surface area contributed by atoms with E-state index < -0.39 is 0 Å². The van der Waals surface area contributed by atoms with Crippen LogP contribution in [-0.2, 0) is 0 Å². The molecule has 1 aromatic heterocycles. The first-order valence-corrected chi connectivity index (χ1v) is 4.61. The Bertz CT molecular complexity index is 160. The molecular weight excluding hydrogens is 152 g/mol. The van der Waals surface area contributed by atoms with E-state index in [9.17, 15) is 0 Å². The Morgan fingerprint density at radius 2 is 2.56 bits per heavy atom. The van der Waals surface area contributed by atoms with Gasteiger partial charge in [0.25, 0.3) is 0 Å². The minimum Gasteiger partial charge on any atom is -0.468 e. The van der Waals surface area contributed by atoms with Gasteiger partial charge in [-0.1, -0.05) is 10.8 Å². The third-order valence-electron chi connectivity index (χ3n) is 1.10. The number of rotatable bonds is 2. The highest BCUT2D eigenvalue weighted by molar-refractivity contribution is 8.68. The van der Waals surface area contributed by atoms with Crippen LogP contribution < -0.4 is 0 Å². The summed E-state index contributed by atoms with van der Waals surface area (Å²) in [6.45, 7) is 2.05. The van der Waals surface area contributed by atoms with Gasteiger partial charge in [0.15, 0.2) is 0 Å². The van der Waals surface area contributed by atoms with Crippen molar-refractivity contribution in [1.82, 2.24) is 0 Å². The van der Waals surface area contributed by atoms with Gasteiger partial charge in [0.1, 0.15) is 5.76 Å². The van der Waals surface area contributed by atoms with Gasteiger partial charge in [0.05, 0.1) is 11.5 Å². The molecule has 0 amide bonds. The second-order valence-corrected chi connectivity index (χ2v) is 3.31. The lowest BCUT2D eigenvalue weighted by Gasteiger charge is -1.99. The van der Waals surface area contributed by atoms with Crippen molar-refractivity contribution in [2.75, 3.05) is 0 Å². The molecule has 0 spiro atoms. The van der Waals surface area contributed by atoms with Crippen molar-refractivity contribution in [2.24, 2.45) is 0 Å². The molecule has 3 heteroatoms. The maximum Gasteiger partial charge on any atom is 0.117 e. The van der Waals surface area contributed by atoms with Gasteiger partial charge in [-0.15, -0.1) is 11.7 Å². The molecule has 0 saturated carbocycles. The van der Waals surface area contributed by atoms with E-state index in [4.69, 9.17) is 4.42 Å². The summed E-state index contributed by atoms with van der Waals surface area (Å²) in [5.41, 5.74) is 0. The summed E-state index contributed by atoms with van der Waals surface area (Å²) in [6.07, 6.45) is 1.68. The summed E-state index contributed by atoms with van der Waals surface area (Å²) in [5, 5.41) is 0.350. The van der Waals surface area contributed by atoms with Crippen molar-refractivity contribution in [3.8, 4) is 0 Å². The molecule has 1 nitrogen and oxygen atoms in total. The van der Waals surface area contributed by atoms with Gasteiger partial charge in [-0.2, -0.15) is 0 Å². The van der Waals surface area contributed by atoms with Crippen molar-refractivity contribution < 1.29 is 4.42 Å². The molecule has 0 saturated heterocycles. The Kier molecular flexibility index (Phi) is 2.54. The quantitative estimate of drug-likeness (QED) is 0.528. The van der Waals surface area contributed by atoms with E-state index in [0.29, 0.717) is 5.25 Å². The summed E-state index contributed by atoms with van der Waals surface area (Å²) in [7, 11) is 1.48. The zero-order chi connectivity index (χ0) is 6.69. The van der Waals surface area contributed by atoms with Crippen molar-refractivity contribution in [3.05, 3.63) is 24.2 Å². The Morgan fingerprint density at radius 3 is 3.00 bits per heavy atom. The second-order valence-electron chi connectivity index (χ2n) is 1.76. The smallest absolute Gasteiger partial charge is 0.117 e. The van der Waals surface area contributed by atoms with E-state index in [1.165, 1.54) is 10.8 Å². The van der Waals surface area contributed by atoms with Crippen LogP contribution in [0.2, 0.25) is 0 Å². The number of furan rings is 1. The van der Waals surface area contributed by atoms with E-state index in [1.807, 2.05) is 12.1 Å². The van der Waals surface area contributed by atoms with Gasteiger partial charge in [0, 0.05) is 0 Å². The average Bonchev–Trinajstić information content (AvgIpc) is 2.37. The monoisotopic (exact) mass is 160 g/mol. The minimum absolute atomic E-state index is 0.350. The molecule has 1 heterocycles. The summed E-state index contributed by atoms with van der Waals surface area (Å²) < 4.78 is 5.12. The lowest BCUT2D eigenvalue weighted by atomic mass is 10.4. The Hall–Kier alpha value is -0.0200. The SMILES string of the molecule is CC(SS)c1ccco1. The molecule has 0 radical (unpaired) electrons. The van der Waals surface area contributed by atoms with Crippen LogP contribution in [0.4, 0.5) is 0 Å². The summed E-state index contributed by atoms with van der Waals surface area (Å²) in [6, 6.07) is 3.84. The highest BCUT2D eigenvalue weighted by atomic mass is 33.1. The Morgan fingerprint density at radius 1 is 1.78 bits per heavy atom. The van der Waals surface area contributed by atoms with Crippen LogP contribution in [0.1, 0.15) is 17.9 Å². The summed E-state index contributed by atoms with van der Waals surface area (Å²) in [4.78, 5) is 0. The standard InChI is InChI=1S/C6H8OS2/c1-5(9-8)6-3-2-4-7-6/h2-5,8H,1H3. The fourth-order valence-corrected chi connectivity index (χ4v) is 1.12. The predicted octanol–water partition coefficient (Wildman–Crippen LogP) is 2.92. The first kappa shape index (κ1) is 7.09. The van der Waals surface area contributed by atoms with Gasteiger partial charge in [-0.25, -0.2) is 0 Å². The van der Waals surface area contributed by atoms with Crippen molar-refractivity contribution >= 4 is 22.5 Å². The number of thiol groups is 1. The molecular formula is C6H8OS2. The van der Waals surface area contributed by atoms with E-state index in [1.54, 1.807) is 6.26 Å². The number of hydrogen-bond donors (Lipinski definition) is 1. The van der Waals surface area contributed by atoms with Gasteiger partial charge in [-0.3, -0.25) is 0 Å². The van der Waals surface area contributed by atoms with Gasteiger partial charge in [-0.05, 0) is 19.1 Å². The van der Waals surface area contributed by atoms with Crippen LogP contribution in [0.5, 0.6) is 0 Å². The Balaban J connectivity index is 2.65. The lowest BCUT2D eigenvalue weighted by Crippen LogP contribution is -1.78. The molecule has 0 fully saturated rings. The Labute approximate surface area is 63.6 Å². The molecule has 0 aliphatic carbocycles. The fraction of sp³-hybridized carbons (Fsp3) is 0.333. The predicted molar refractivity (Wildman–Crippen MR) is 43.7 cm³/mol. The average molecular weight is 160 g/mol. The maximum absolute atomic E-state index is 5.12. The summed E-state index contributed by atoms with van der Waals surface area (Å²) in [5.74, 6) is 0.981. The fourth-order valence-electron chi connectivity index (χ4n) is 0.575. The third kappa shape index (κ3) is 1.69. The van der Waals surface area contributed by atoms with Gasteiger partial charge < -0.3 is 4.42 Å². The van der Waals surface area contributed by atoms with Crippen LogP contribution in [0.25, 0.3) is 0 Å². The molecule has 0 aliphatic rings. The molecule has 1 atom stereocenters. The molecule has 0 N–H and O–H groups in total. The highest BCUT2D eigenvalue weighted by Gasteiger charge is 2.04. The largest absolute Gasteiger partial charge is 0.468 e. The molecule has 1 aromatic rings. The van der Waals surface area contributed by atoms with Crippen LogP contribution >= 0.6 is 22.5 Å². The van der Waals surface area contributed by atoms with E-state index >= 15 is 0 Å². The molecule has 1 rings (SSSR count). The molecule has 0 bridgehead atoms. The minimum atomic E-state index is 0.350. The zero-order valence-corrected chi connectivity index (χ0v) is 6.78. The zero-order valence-electron chi connectivity index (χ0n) is 5.07. The van der Waals surface area contributed by atoms with E-state index in [-0.39, 0.29) is 0 Å². The van der Waals surface area contributed by atoms with E-state index in [2.05, 4.69) is 18.6 Å². The lowest BCUT2D eigenvalue weighted by molar-refractivity contribution is 0.513. The molecule has 0 aliphatic heterocycles. The van der Waals surface area contributed by atoms with Crippen LogP contribution in [0, 0.1) is 0 Å². The first-order valence-electron chi connectivity index (χ1n) is 2.68.